The fraction of sp³-hybridized carbons (Fsp3) is 0.867. The predicted molar refractivity (Wildman–Crippen MR) is 90.2 cm³/mol. The van der Waals surface area contributed by atoms with Gasteiger partial charge >= 0.3 is 5.97 Å². The molecule has 23 heavy (non-hydrogen) atoms. The molecule has 1 heterocycles. The molecule has 7 nitrogen and oxygen atoms in total. The highest BCUT2D eigenvalue weighted by Crippen LogP contribution is 2.24. The monoisotopic (exact) mass is 327 g/mol. The minimum atomic E-state index is -0.995. The number of nitrogens with two attached hydrogens (primary N) is 1. The third-order valence-corrected chi connectivity index (χ3v) is 4.93. The van der Waals surface area contributed by atoms with Crippen molar-refractivity contribution in [2.75, 3.05) is 6.54 Å². The van der Waals surface area contributed by atoms with Gasteiger partial charge in [-0.05, 0) is 25.6 Å². The summed E-state index contributed by atoms with van der Waals surface area (Å²) in [7, 11) is 0. The van der Waals surface area contributed by atoms with Crippen LogP contribution in [0, 0.1) is 11.8 Å². The molecule has 1 amide bonds. The second-order valence-electron chi connectivity index (χ2n) is 7.19. The second kappa shape index (κ2) is 8.12. The summed E-state index contributed by atoms with van der Waals surface area (Å²) < 4.78 is 0. The molecule has 1 aliphatic rings. The number of carboxylic acids is 1. The van der Waals surface area contributed by atoms with E-state index in [0.29, 0.717) is 25.7 Å². The van der Waals surface area contributed by atoms with Gasteiger partial charge in [-0.2, -0.15) is 0 Å². The molecule has 4 atom stereocenters. The smallest absolute Gasteiger partial charge is 0.321 e. The van der Waals surface area contributed by atoms with Crippen molar-refractivity contribution in [2.45, 2.75) is 64.4 Å². The number of amides is 1. The normalized spacial score (nSPS) is 26.8. The summed E-state index contributed by atoms with van der Waals surface area (Å²) in [5, 5.41) is 24.6. The number of rotatable bonds is 8. The third kappa shape index (κ3) is 5.19. The Bertz CT molecular complexity index is 429. The van der Waals surface area contributed by atoms with Gasteiger partial charge in [-0.25, -0.2) is 0 Å². The number of hydrogen-bond donors (Lipinski definition) is 5. The first-order valence-electron chi connectivity index (χ1n) is 8.31. The van der Waals surface area contributed by atoms with E-state index in [0.717, 1.165) is 0 Å². The molecule has 0 radical (unpaired) electrons. The molecule has 1 saturated heterocycles. The molecule has 1 fully saturated rings. The van der Waals surface area contributed by atoms with Crippen LogP contribution in [0.2, 0.25) is 13.1 Å². The molecule has 6 N–H and O–H groups in total. The van der Waals surface area contributed by atoms with Crippen molar-refractivity contribution in [2.24, 2.45) is 17.6 Å². The van der Waals surface area contributed by atoms with E-state index in [1.165, 1.54) is 0 Å². The molecule has 0 aromatic heterocycles. The molecule has 132 valence electrons. The molecule has 4 unspecified atom stereocenters. The average molecular weight is 327 g/mol. The first-order valence-corrected chi connectivity index (χ1v) is 8.31. The van der Waals surface area contributed by atoms with Crippen molar-refractivity contribution in [1.82, 2.24) is 10.6 Å². The van der Waals surface area contributed by atoms with Gasteiger partial charge in [-0.15, -0.1) is 0 Å². The van der Waals surface area contributed by atoms with Crippen molar-refractivity contribution in [1.29, 1.82) is 0 Å². The lowest BCUT2D eigenvalue weighted by Gasteiger charge is -2.31. The van der Waals surface area contributed by atoms with Gasteiger partial charge in [0.15, 0.2) is 0 Å². The first-order chi connectivity index (χ1) is 10.6. The van der Waals surface area contributed by atoms with Crippen LogP contribution in [0.25, 0.3) is 0 Å². The van der Waals surface area contributed by atoms with Gasteiger partial charge in [0.1, 0.15) is 6.04 Å². The van der Waals surface area contributed by atoms with Gasteiger partial charge < -0.3 is 26.5 Å². The number of carboxylic acid groups (broad SMARTS) is 1. The molecule has 0 spiro atoms. The van der Waals surface area contributed by atoms with E-state index in [1.807, 2.05) is 13.8 Å². The summed E-state index contributed by atoms with van der Waals surface area (Å²) in [6, 6.07) is -0.948. The van der Waals surface area contributed by atoms with Crippen LogP contribution in [0.5, 0.6) is 0 Å². The van der Waals surface area contributed by atoms with Crippen LogP contribution in [-0.2, 0) is 9.59 Å². The quantitative estimate of drug-likeness (QED) is 0.397. The number of aliphatic carboxylic acids is 1. The van der Waals surface area contributed by atoms with Gasteiger partial charge in [0.05, 0.1) is 5.54 Å². The summed E-state index contributed by atoms with van der Waals surface area (Å²) in [6.07, 6.45) is 1.96. The highest BCUT2D eigenvalue weighted by Gasteiger charge is 2.42. The Labute approximate surface area is 138 Å². The van der Waals surface area contributed by atoms with Crippen molar-refractivity contribution in [3.8, 4) is 0 Å². The van der Waals surface area contributed by atoms with Crippen LogP contribution in [0.1, 0.15) is 33.6 Å². The summed E-state index contributed by atoms with van der Waals surface area (Å²) in [6.45, 7) is 7.17. The first kappa shape index (κ1) is 19.9. The fourth-order valence-electron chi connectivity index (χ4n) is 2.82. The summed E-state index contributed by atoms with van der Waals surface area (Å²) in [5.74, 6) is -1.41. The second-order valence-corrected chi connectivity index (χ2v) is 7.19. The minimum Gasteiger partial charge on any atom is -0.480 e. The van der Waals surface area contributed by atoms with E-state index in [-0.39, 0.29) is 23.8 Å². The summed E-state index contributed by atoms with van der Waals surface area (Å²) >= 11 is 0. The molecule has 1 rings (SSSR count). The van der Waals surface area contributed by atoms with E-state index in [9.17, 15) is 19.7 Å². The lowest BCUT2D eigenvalue weighted by Crippen LogP contribution is -2.58. The Morgan fingerprint density at radius 3 is 2.57 bits per heavy atom. The lowest BCUT2D eigenvalue weighted by molar-refractivity contribution is -0.140. The summed E-state index contributed by atoms with van der Waals surface area (Å²) in [5.41, 5.74) is 5.08. The van der Waals surface area contributed by atoms with E-state index >= 15 is 0 Å². The molecule has 1 aliphatic heterocycles. The molecular weight excluding hydrogens is 297 g/mol. The molecule has 0 aromatic carbocycles. The lowest BCUT2D eigenvalue weighted by atomic mass is 9.66. The Balaban J connectivity index is 2.74. The molecule has 0 aliphatic carbocycles. The number of nitrogens with one attached hydrogen (secondary N) is 2. The van der Waals surface area contributed by atoms with Crippen molar-refractivity contribution < 1.29 is 19.7 Å². The Hall–Kier alpha value is -1.12. The zero-order valence-electron chi connectivity index (χ0n) is 14.5. The van der Waals surface area contributed by atoms with Gasteiger partial charge in [0, 0.05) is 18.5 Å². The zero-order valence-corrected chi connectivity index (χ0v) is 14.5. The molecule has 0 bridgehead atoms. The standard InChI is InChI=1S/C15H30BN3O4/c1-9(2)15(3,17)14(22)19-11-8-18-12(13(20)21)10(11)6-5-7-16(4)23/h9-12,18,23H,5-8,17H2,1-4H3,(H,19,22)(H,20,21). The maximum absolute atomic E-state index is 12.4. The Morgan fingerprint density at radius 1 is 1.48 bits per heavy atom. The summed E-state index contributed by atoms with van der Waals surface area (Å²) in [4.78, 5) is 23.8. The molecule has 0 saturated carbocycles. The number of carbonyl (C=O) groups excluding carboxylic acids is 1. The van der Waals surface area contributed by atoms with Crippen LogP contribution in [0.4, 0.5) is 0 Å². The largest absolute Gasteiger partial charge is 0.480 e. The van der Waals surface area contributed by atoms with Crippen LogP contribution in [-0.4, -0.2) is 53.1 Å². The Kier molecular flexibility index (Phi) is 7.04. The molecule has 0 aromatic rings. The van der Waals surface area contributed by atoms with Crippen LogP contribution in [0.3, 0.4) is 0 Å². The SMILES string of the molecule is CB(O)CCCC1C(NC(=O)C(C)(N)C(C)C)CNC1C(=O)O. The minimum absolute atomic E-state index is 0.0270. The highest BCUT2D eigenvalue weighted by atomic mass is 16.4. The van der Waals surface area contributed by atoms with Crippen LogP contribution < -0.4 is 16.4 Å². The third-order valence-electron chi connectivity index (χ3n) is 4.93. The van der Waals surface area contributed by atoms with Gasteiger partial charge in [-0.3, -0.25) is 9.59 Å². The van der Waals surface area contributed by atoms with Gasteiger partial charge in [0.2, 0.25) is 5.91 Å². The van der Waals surface area contributed by atoms with Gasteiger partial charge in [-0.1, -0.05) is 27.1 Å². The van der Waals surface area contributed by atoms with E-state index in [4.69, 9.17) is 5.73 Å². The molecular formula is C15H30BN3O4. The molecule has 8 heteroatoms. The van der Waals surface area contributed by atoms with Crippen molar-refractivity contribution in [3.63, 3.8) is 0 Å². The highest BCUT2D eigenvalue weighted by molar-refractivity contribution is 6.48. The maximum Gasteiger partial charge on any atom is 0.321 e. The average Bonchev–Trinajstić information content (AvgIpc) is 2.81. The van der Waals surface area contributed by atoms with Crippen LogP contribution >= 0.6 is 0 Å². The maximum atomic E-state index is 12.4. The van der Waals surface area contributed by atoms with Crippen LogP contribution in [0.15, 0.2) is 0 Å². The zero-order chi connectivity index (χ0) is 17.8. The van der Waals surface area contributed by atoms with E-state index < -0.39 is 24.5 Å². The van der Waals surface area contributed by atoms with E-state index in [2.05, 4.69) is 10.6 Å². The topological polar surface area (TPSA) is 125 Å². The fourth-order valence-corrected chi connectivity index (χ4v) is 2.82. The predicted octanol–water partition coefficient (Wildman–Crippen LogP) is -0.0890. The van der Waals surface area contributed by atoms with Crippen molar-refractivity contribution in [3.05, 3.63) is 0 Å². The van der Waals surface area contributed by atoms with Gasteiger partial charge in [0.25, 0.3) is 6.92 Å². The van der Waals surface area contributed by atoms with E-state index in [1.54, 1.807) is 13.7 Å². The van der Waals surface area contributed by atoms with Crippen molar-refractivity contribution >= 4 is 18.8 Å². The number of hydrogen-bond acceptors (Lipinski definition) is 5. The number of carbonyl (C=O) groups is 2. The Morgan fingerprint density at radius 2 is 2.09 bits per heavy atom.